The molecule has 0 bridgehead atoms. The molecule has 2 heterocycles. The van der Waals surface area contributed by atoms with Crippen LogP contribution in [0.5, 0.6) is 0 Å². The number of rotatable bonds is 3. The molecule has 0 amide bonds. The Morgan fingerprint density at radius 1 is 1.42 bits per heavy atom. The van der Waals surface area contributed by atoms with E-state index in [9.17, 15) is 4.79 Å². The van der Waals surface area contributed by atoms with Gasteiger partial charge in [0.2, 0.25) is 0 Å². The van der Waals surface area contributed by atoms with Crippen molar-refractivity contribution in [3.05, 3.63) is 35.4 Å². The van der Waals surface area contributed by atoms with E-state index >= 15 is 0 Å². The Morgan fingerprint density at radius 2 is 2.26 bits per heavy atom. The summed E-state index contributed by atoms with van der Waals surface area (Å²) >= 11 is 0. The summed E-state index contributed by atoms with van der Waals surface area (Å²) in [5.41, 5.74) is 1.73. The number of hydrogen-bond acceptors (Lipinski definition) is 4. The van der Waals surface area contributed by atoms with Crippen molar-refractivity contribution in [1.82, 2.24) is 5.32 Å². The average Bonchev–Trinajstić information content (AvgIpc) is 2.77. The molecule has 3 rings (SSSR count). The monoisotopic (exact) mass is 261 g/mol. The summed E-state index contributed by atoms with van der Waals surface area (Å²) in [6, 6.07) is 7.65. The Morgan fingerprint density at radius 3 is 3.05 bits per heavy atom. The van der Waals surface area contributed by atoms with Crippen molar-refractivity contribution >= 4 is 5.97 Å². The molecular formula is C15H19NO3. The highest BCUT2D eigenvalue weighted by Crippen LogP contribution is 2.35. The van der Waals surface area contributed by atoms with Gasteiger partial charge in [-0.15, -0.1) is 0 Å². The zero-order valence-electron chi connectivity index (χ0n) is 11.1. The molecule has 0 saturated carbocycles. The average molecular weight is 261 g/mol. The number of benzene rings is 1. The fourth-order valence-electron chi connectivity index (χ4n) is 2.84. The lowest BCUT2D eigenvalue weighted by molar-refractivity contribution is -0.0217. The SMILES string of the molecule is CC(CC1OC(=O)c2ccccc21)C1CNCCO1. The third-order valence-electron chi connectivity index (χ3n) is 3.95. The maximum absolute atomic E-state index is 11.8. The summed E-state index contributed by atoms with van der Waals surface area (Å²) in [5.74, 6) is 0.159. The molecule has 19 heavy (non-hydrogen) atoms. The molecule has 1 aromatic carbocycles. The number of ether oxygens (including phenoxy) is 2. The second-order valence-corrected chi connectivity index (χ2v) is 5.31. The molecule has 1 fully saturated rings. The number of carbonyl (C=O) groups is 1. The normalized spacial score (nSPS) is 27.7. The molecule has 1 aromatic rings. The molecule has 102 valence electrons. The first-order valence-electron chi connectivity index (χ1n) is 6.88. The van der Waals surface area contributed by atoms with Gasteiger partial charge < -0.3 is 14.8 Å². The Bertz CT molecular complexity index is 468. The minimum atomic E-state index is -0.199. The van der Waals surface area contributed by atoms with E-state index in [2.05, 4.69) is 12.2 Å². The summed E-state index contributed by atoms with van der Waals surface area (Å²) in [6.07, 6.45) is 0.902. The van der Waals surface area contributed by atoms with Crippen LogP contribution < -0.4 is 5.32 Å². The van der Waals surface area contributed by atoms with Gasteiger partial charge in [-0.25, -0.2) is 4.79 Å². The van der Waals surface area contributed by atoms with Crippen LogP contribution in [0.15, 0.2) is 24.3 Å². The molecule has 3 unspecified atom stereocenters. The van der Waals surface area contributed by atoms with Gasteiger partial charge in [-0.2, -0.15) is 0 Å². The quantitative estimate of drug-likeness (QED) is 0.844. The van der Waals surface area contributed by atoms with E-state index in [1.54, 1.807) is 0 Å². The molecule has 0 aromatic heterocycles. The van der Waals surface area contributed by atoms with Gasteiger partial charge in [-0.05, 0) is 18.4 Å². The highest BCUT2D eigenvalue weighted by molar-refractivity contribution is 5.93. The van der Waals surface area contributed by atoms with Crippen LogP contribution in [-0.4, -0.2) is 31.8 Å². The van der Waals surface area contributed by atoms with E-state index in [1.807, 2.05) is 24.3 Å². The van der Waals surface area contributed by atoms with Crippen molar-refractivity contribution in [2.75, 3.05) is 19.7 Å². The predicted octanol–water partition coefficient (Wildman–Crippen LogP) is 1.91. The molecule has 2 aliphatic heterocycles. The van der Waals surface area contributed by atoms with Crippen LogP contribution >= 0.6 is 0 Å². The van der Waals surface area contributed by atoms with Gasteiger partial charge in [0, 0.05) is 18.7 Å². The van der Waals surface area contributed by atoms with Crippen molar-refractivity contribution < 1.29 is 14.3 Å². The number of esters is 1. The lowest BCUT2D eigenvalue weighted by Gasteiger charge is -2.30. The molecule has 1 saturated heterocycles. The van der Waals surface area contributed by atoms with Crippen LogP contribution in [0, 0.1) is 5.92 Å². The molecule has 1 N–H and O–H groups in total. The summed E-state index contributed by atoms with van der Waals surface area (Å²) in [5, 5.41) is 3.34. The molecule has 4 heteroatoms. The number of nitrogens with one attached hydrogen (secondary N) is 1. The smallest absolute Gasteiger partial charge is 0.339 e. The van der Waals surface area contributed by atoms with E-state index in [4.69, 9.17) is 9.47 Å². The van der Waals surface area contributed by atoms with Crippen molar-refractivity contribution in [3.63, 3.8) is 0 Å². The van der Waals surface area contributed by atoms with Crippen LogP contribution in [0.3, 0.4) is 0 Å². The van der Waals surface area contributed by atoms with Crippen LogP contribution in [0.1, 0.15) is 35.4 Å². The Labute approximate surface area is 113 Å². The Hall–Kier alpha value is -1.39. The third-order valence-corrected chi connectivity index (χ3v) is 3.95. The zero-order chi connectivity index (χ0) is 13.2. The molecule has 0 spiro atoms. The Kier molecular flexibility index (Phi) is 3.53. The minimum Gasteiger partial charge on any atom is -0.454 e. The van der Waals surface area contributed by atoms with E-state index in [1.165, 1.54) is 0 Å². The fraction of sp³-hybridized carbons (Fsp3) is 0.533. The standard InChI is InChI=1S/C15H19NO3/c1-10(14-9-16-6-7-18-14)8-13-11-4-2-3-5-12(11)15(17)19-13/h2-5,10,13-14,16H,6-9H2,1H3. The largest absolute Gasteiger partial charge is 0.454 e. The van der Waals surface area contributed by atoms with Gasteiger partial charge in [0.1, 0.15) is 6.10 Å². The van der Waals surface area contributed by atoms with E-state index in [0.29, 0.717) is 11.5 Å². The lowest BCUT2D eigenvalue weighted by Crippen LogP contribution is -2.42. The van der Waals surface area contributed by atoms with Crippen molar-refractivity contribution in [2.24, 2.45) is 5.92 Å². The second-order valence-electron chi connectivity index (χ2n) is 5.31. The Balaban J connectivity index is 1.69. The van der Waals surface area contributed by atoms with E-state index < -0.39 is 0 Å². The first-order valence-corrected chi connectivity index (χ1v) is 6.88. The molecule has 0 radical (unpaired) electrons. The highest BCUT2D eigenvalue weighted by Gasteiger charge is 2.33. The van der Waals surface area contributed by atoms with Gasteiger partial charge in [0.25, 0.3) is 0 Å². The van der Waals surface area contributed by atoms with Gasteiger partial charge in [0.05, 0.1) is 18.3 Å². The van der Waals surface area contributed by atoms with Gasteiger partial charge in [0.15, 0.2) is 0 Å². The maximum atomic E-state index is 11.8. The first-order chi connectivity index (χ1) is 9.25. The number of carbonyl (C=O) groups excluding carboxylic acids is 1. The van der Waals surface area contributed by atoms with Gasteiger partial charge >= 0.3 is 5.97 Å². The van der Waals surface area contributed by atoms with Crippen LogP contribution in [0.2, 0.25) is 0 Å². The van der Waals surface area contributed by atoms with Crippen molar-refractivity contribution in [3.8, 4) is 0 Å². The molecular weight excluding hydrogens is 242 g/mol. The van der Waals surface area contributed by atoms with E-state index in [-0.39, 0.29) is 18.2 Å². The van der Waals surface area contributed by atoms with Gasteiger partial charge in [-0.3, -0.25) is 0 Å². The number of cyclic esters (lactones) is 1. The predicted molar refractivity (Wildman–Crippen MR) is 71.0 cm³/mol. The fourth-order valence-corrected chi connectivity index (χ4v) is 2.84. The van der Waals surface area contributed by atoms with Crippen molar-refractivity contribution in [2.45, 2.75) is 25.6 Å². The second kappa shape index (κ2) is 5.31. The topological polar surface area (TPSA) is 47.6 Å². The summed E-state index contributed by atoms with van der Waals surface area (Å²) < 4.78 is 11.2. The zero-order valence-corrected chi connectivity index (χ0v) is 11.1. The number of morpholine rings is 1. The molecule has 2 aliphatic rings. The van der Waals surface area contributed by atoms with Crippen molar-refractivity contribution in [1.29, 1.82) is 0 Å². The maximum Gasteiger partial charge on any atom is 0.339 e. The molecule has 0 aliphatic carbocycles. The molecule has 3 atom stereocenters. The van der Waals surface area contributed by atoms with E-state index in [0.717, 1.165) is 31.7 Å². The van der Waals surface area contributed by atoms with Crippen LogP contribution in [0.4, 0.5) is 0 Å². The van der Waals surface area contributed by atoms with Crippen LogP contribution in [-0.2, 0) is 9.47 Å². The lowest BCUT2D eigenvalue weighted by atomic mass is 9.92. The summed E-state index contributed by atoms with van der Waals surface area (Å²) in [6.45, 7) is 4.72. The highest BCUT2D eigenvalue weighted by atomic mass is 16.5. The number of fused-ring (bicyclic) bond motifs is 1. The van der Waals surface area contributed by atoms with Gasteiger partial charge in [-0.1, -0.05) is 25.1 Å². The minimum absolute atomic E-state index is 0.121. The number of hydrogen-bond donors (Lipinski definition) is 1. The summed E-state index contributed by atoms with van der Waals surface area (Å²) in [4.78, 5) is 11.8. The first kappa shape index (κ1) is 12.6. The summed E-state index contributed by atoms with van der Waals surface area (Å²) in [7, 11) is 0. The molecule has 4 nitrogen and oxygen atoms in total. The third kappa shape index (κ3) is 2.51. The van der Waals surface area contributed by atoms with Crippen LogP contribution in [0.25, 0.3) is 0 Å².